The fourth-order valence-corrected chi connectivity index (χ4v) is 1.15. The summed E-state index contributed by atoms with van der Waals surface area (Å²) in [5.74, 6) is -1.92. The molecule has 0 aliphatic heterocycles. The number of ether oxygens (including phenoxy) is 2. The second-order valence-electron chi connectivity index (χ2n) is 3.59. The summed E-state index contributed by atoms with van der Waals surface area (Å²) in [7, 11) is 0. The van der Waals surface area contributed by atoms with Gasteiger partial charge in [0.2, 0.25) is 0 Å². The third-order valence-corrected chi connectivity index (χ3v) is 1.87. The van der Waals surface area contributed by atoms with Crippen molar-refractivity contribution in [3.63, 3.8) is 0 Å². The highest BCUT2D eigenvalue weighted by Gasteiger charge is 2.31. The number of esters is 1. The molecule has 0 unspecified atom stereocenters. The zero-order valence-corrected chi connectivity index (χ0v) is 9.72. The van der Waals surface area contributed by atoms with Crippen molar-refractivity contribution in [2.45, 2.75) is 12.4 Å². The summed E-state index contributed by atoms with van der Waals surface area (Å²) >= 11 is 0. The van der Waals surface area contributed by atoms with Crippen LogP contribution in [-0.2, 0) is 4.74 Å². The number of carbonyl (C=O) groups is 1. The van der Waals surface area contributed by atoms with E-state index in [-0.39, 0.29) is 0 Å². The van der Waals surface area contributed by atoms with Crippen molar-refractivity contribution in [1.82, 2.24) is 0 Å². The molecule has 3 nitrogen and oxygen atoms in total. The summed E-state index contributed by atoms with van der Waals surface area (Å²) in [6, 6.07) is 4.55. The summed E-state index contributed by atoms with van der Waals surface area (Å²) in [5, 5.41) is 0. The Balaban J connectivity index is 2.77. The van der Waals surface area contributed by atoms with Crippen LogP contribution in [0.1, 0.15) is 10.4 Å². The summed E-state index contributed by atoms with van der Waals surface area (Å²) in [6.45, 7) is -3.50. The standard InChI is InChI=1S/C11H8F6O3/c12-10(13,14)5-19-8-4-2-1-3-7(8)9(18)20-6-11(15,16)17/h1-4H,5-6H2. The largest absolute Gasteiger partial charge is 0.483 e. The average molecular weight is 302 g/mol. The molecule has 0 aromatic heterocycles. The molecule has 0 aliphatic rings. The Kier molecular flexibility index (Phi) is 4.85. The van der Waals surface area contributed by atoms with Gasteiger partial charge in [0.15, 0.2) is 13.2 Å². The lowest BCUT2D eigenvalue weighted by Crippen LogP contribution is -2.22. The third-order valence-electron chi connectivity index (χ3n) is 1.87. The maximum absolute atomic E-state index is 12.0. The van der Waals surface area contributed by atoms with Crippen molar-refractivity contribution >= 4 is 5.97 Å². The number of benzene rings is 1. The Bertz CT molecular complexity index is 466. The van der Waals surface area contributed by atoms with Crippen molar-refractivity contribution in [1.29, 1.82) is 0 Å². The topological polar surface area (TPSA) is 35.5 Å². The number of rotatable bonds is 4. The van der Waals surface area contributed by atoms with Crippen LogP contribution in [0.25, 0.3) is 0 Å². The highest BCUT2D eigenvalue weighted by atomic mass is 19.4. The molecule has 0 N–H and O–H groups in total. The van der Waals surface area contributed by atoms with Gasteiger partial charge in [-0.1, -0.05) is 12.1 Å². The fraction of sp³-hybridized carbons (Fsp3) is 0.364. The van der Waals surface area contributed by atoms with Gasteiger partial charge in [0.05, 0.1) is 0 Å². The van der Waals surface area contributed by atoms with Gasteiger partial charge in [-0.2, -0.15) is 26.3 Å². The molecule has 0 saturated carbocycles. The van der Waals surface area contributed by atoms with Crippen molar-refractivity contribution < 1.29 is 40.6 Å². The molecule has 1 rings (SSSR count). The molecule has 0 atom stereocenters. The summed E-state index contributed by atoms with van der Waals surface area (Å²) in [6.07, 6.45) is -9.36. The van der Waals surface area contributed by atoms with Gasteiger partial charge in [-0.15, -0.1) is 0 Å². The first-order valence-corrected chi connectivity index (χ1v) is 5.11. The van der Waals surface area contributed by atoms with Crippen LogP contribution in [0.4, 0.5) is 26.3 Å². The van der Waals surface area contributed by atoms with E-state index in [1.54, 1.807) is 0 Å². The number of hydrogen-bond acceptors (Lipinski definition) is 3. The SMILES string of the molecule is O=C(OCC(F)(F)F)c1ccccc1OCC(F)(F)F. The van der Waals surface area contributed by atoms with Crippen LogP contribution in [0.15, 0.2) is 24.3 Å². The van der Waals surface area contributed by atoms with E-state index in [9.17, 15) is 31.1 Å². The van der Waals surface area contributed by atoms with Gasteiger partial charge < -0.3 is 9.47 Å². The van der Waals surface area contributed by atoms with Crippen LogP contribution in [0.2, 0.25) is 0 Å². The Hall–Kier alpha value is -1.93. The zero-order chi connectivity index (χ0) is 15.4. The van der Waals surface area contributed by atoms with Crippen LogP contribution < -0.4 is 4.74 Å². The van der Waals surface area contributed by atoms with Crippen molar-refractivity contribution in [2.24, 2.45) is 0 Å². The molecule has 0 aliphatic carbocycles. The maximum atomic E-state index is 12.0. The minimum atomic E-state index is -4.72. The minimum Gasteiger partial charge on any atom is -0.483 e. The number of para-hydroxylation sites is 1. The van der Waals surface area contributed by atoms with E-state index < -0.39 is 42.8 Å². The van der Waals surface area contributed by atoms with Gasteiger partial charge in [-0.3, -0.25) is 0 Å². The first kappa shape index (κ1) is 16.1. The Morgan fingerprint density at radius 2 is 1.50 bits per heavy atom. The number of alkyl halides is 6. The van der Waals surface area contributed by atoms with E-state index >= 15 is 0 Å². The minimum absolute atomic E-state index is 0.503. The summed E-state index contributed by atoms with van der Waals surface area (Å²) in [4.78, 5) is 11.4. The predicted molar refractivity (Wildman–Crippen MR) is 54.3 cm³/mol. The van der Waals surface area contributed by atoms with Gasteiger partial charge in [-0.25, -0.2) is 4.79 Å². The molecule has 112 valence electrons. The van der Waals surface area contributed by atoms with Crippen molar-refractivity contribution in [3.8, 4) is 5.75 Å². The highest BCUT2D eigenvalue weighted by molar-refractivity contribution is 5.92. The fourth-order valence-electron chi connectivity index (χ4n) is 1.15. The van der Waals surface area contributed by atoms with Crippen LogP contribution >= 0.6 is 0 Å². The van der Waals surface area contributed by atoms with Gasteiger partial charge >= 0.3 is 18.3 Å². The second-order valence-corrected chi connectivity index (χ2v) is 3.59. The van der Waals surface area contributed by atoms with Crippen LogP contribution in [0, 0.1) is 0 Å². The molecule has 1 aromatic carbocycles. The van der Waals surface area contributed by atoms with Crippen LogP contribution in [0.3, 0.4) is 0 Å². The molecular weight excluding hydrogens is 294 g/mol. The Morgan fingerprint density at radius 3 is 2.05 bits per heavy atom. The number of carbonyl (C=O) groups excluding carboxylic acids is 1. The first-order chi connectivity index (χ1) is 9.08. The number of hydrogen-bond donors (Lipinski definition) is 0. The lowest BCUT2D eigenvalue weighted by atomic mass is 10.2. The van der Waals surface area contributed by atoms with Crippen molar-refractivity contribution in [2.75, 3.05) is 13.2 Å². The highest BCUT2D eigenvalue weighted by Crippen LogP contribution is 2.23. The van der Waals surface area contributed by atoms with Crippen molar-refractivity contribution in [3.05, 3.63) is 29.8 Å². The lowest BCUT2D eigenvalue weighted by Gasteiger charge is -2.13. The second kappa shape index (κ2) is 6.02. The molecule has 9 heteroatoms. The summed E-state index contributed by atoms with van der Waals surface area (Å²) in [5.41, 5.74) is -0.513. The van der Waals surface area contributed by atoms with Gasteiger partial charge in [0.25, 0.3) is 0 Å². The first-order valence-electron chi connectivity index (χ1n) is 5.11. The van der Waals surface area contributed by atoms with Crippen LogP contribution in [-0.4, -0.2) is 31.5 Å². The molecule has 0 saturated heterocycles. The molecule has 0 bridgehead atoms. The average Bonchev–Trinajstić information content (AvgIpc) is 2.32. The monoisotopic (exact) mass is 302 g/mol. The van der Waals surface area contributed by atoms with Gasteiger partial charge in [0, 0.05) is 0 Å². The molecule has 0 amide bonds. The van der Waals surface area contributed by atoms with Gasteiger partial charge in [-0.05, 0) is 12.1 Å². The van der Waals surface area contributed by atoms with E-state index in [1.165, 1.54) is 12.1 Å². The normalized spacial score (nSPS) is 12.1. The van der Waals surface area contributed by atoms with Crippen LogP contribution in [0.5, 0.6) is 5.75 Å². The molecule has 0 spiro atoms. The molecular formula is C11H8F6O3. The predicted octanol–water partition coefficient (Wildman–Crippen LogP) is 3.35. The summed E-state index contributed by atoms with van der Waals surface area (Å²) < 4.78 is 79.9. The van der Waals surface area contributed by atoms with E-state index in [1.807, 2.05) is 0 Å². The maximum Gasteiger partial charge on any atom is 0.422 e. The molecule has 0 heterocycles. The molecule has 0 fully saturated rings. The third kappa shape index (κ3) is 5.81. The molecule has 1 aromatic rings. The van der Waals surface area contributed by atoms with E-state index in [2.05, 4.69) is 9.47 Å². The lowest BCUT2D eigenvalue weighted by molar-refractivity contribution is -0.161. The van der Waals surface area contributed by atoms with E-state index in [4.69, 9.17) is 0 Å². The molecule has 20 heavy (non-hydrogen) atoms. The number of halogens is 6. The smallest absolute Gasteiger partial charge is 0.422 e. The quantitative estimate of drug-likeness (QED) is 0.632. The van der Waals surface area contributed by atoms with Gasteiger partial charge in [0.1, 0.15) is 11.3 Å². The molecule has 0 radical (unpaired) electrons. The van der Waals surface area contributed by atoms with E-state index in [0.717, 1.165) is 12.1 Å². The zero-order valence-electron chi connectivity index (χ0n) is 9.72. The Labute approximate surface area is 109 Å². The Morgan fingerprint density at radius 1 is 0.950 bits per heavy atom. The van der Waals surface area contributed by atoms with E-state index in [0.29, 0.717) is 0 Å².